The van der Waals surface area contributed by atoms with Crippen molar-refractivity contribution < 1.29 is 28.9 Å². The molecule has 2 N–H and O–H groups in total. The fourth-order valence-electron chi connectivity index (χ4n) is 6.07. The topological polar surface area (TPSA) is 94.1 Å². The Morgan fingerprint density at radius 1 is 0.694 bits per heavy atom. The molecule has 49 heavy (non-hydrogen) atoms. The Kier molecular flexibility index (Phi) is 10.8. The second-order valence-corrected chi connectivity index (χ2v) is 14.5. The molecular formula is C42H47NO6. The van der Waals surface area contributed by atoms with E-state index in [1.165, 1.54) is 0 Å². The molecular weight excluding hydrogens is 614 g/mol. The van der Waals surface area contributed by atoms with E-state index in [0.29, 0.717) is 6.42 Å². The van der Waals surface area contributed by atoms with E-state index in [2.05, 4.69) is 29.6 Å². The van der Waals surface area contributed by atoms with Gasteiger partial charge in [0.2, 0.25) is 0 Å². The van der Waals surface area contributed by atoms with Crippen molar-refractivity contribution in [1.82, 2.24) is 5.32 Å². The van der Waals surface area contributed by atoms with Crippen LogP contribution in [0.2, 0.25) is 0 Å². The molecule has 0 aromatic heterocycles. The summed E-state index contributed by atoms with van der Waals surface area (Å²) in [4.78, 5) is 25.7. The highest BCUT2D eigenvalue weighted by atomic mass is 16.5. The maximum atomic E-state index is 13.3. The molecule has 0 radical (unpaired) electrons. The van der Waals surface area contributed by atoms with E-state index in [4.69, 9.17) is 14.2 Å². The van der Waals surface area contributed by atoms with Crippen molar-refractivity contribution in [3.05, 3.63) is 131 Å². The molecule has 0 saturated carbocycles. The first-order valence-corrected chi connectivity index (χ1v) is 16.8. The maximum Gasteiger partial charge on any atom is 0.407 e. The number of nitrogens with one attached hydrogen (secondary N) is 1. The lowest BCUT2D eigenvalue weighted by Gasteiger charge is -2.22. The van der Waals surface area contributed by atoms with E-state index < -0.39 is 24.0 Å². The van der Waals surface area contributed by atoms with Crippen LogP contribution in [0.5, 0.6) is 11.5 Å². The number of carbonyl (C=O) groups excluding carboxylic acids is 1. The van der Waals surface area contributed by atoms with Crippen LogP contribution < -0.4 is 14.8 Å². The van der Waals surface area contributed by atoms with Crippen LogP contribution >= 0.6 is 0 Å². The third kappa shape index (κ3) is 9.99. The van der Waals surface area contributed by atoms with Crippen LogP contribution in [0.1, 0.15) is 69.7 Å². The van der Waals surface area contributed by atoms with Gasteiger partial charge in [-0.2, -0.15) is 0 Å². The SMILES string of the molecule is CC(C)(C)Oc1ccc(C[C@@H](/C=C/[C@H](Cc2ccc(OC(C)(C)C)cc2)C(=O)O)NC(=O)OCC2c3ccccc3-c3ccccc32)cc1. The Morgan fingerprint density at radius 2 is 1.16 bits per heavy atom. The standard InChI is InChI=1S/C42H47NO6/c1-41(2,3)48-32-21-15-28(16-22-32)25-30(39(44)45)19-20-31(26-29-17-23-33(24-18-29)49-42(4,5)6)43-40(46)47-27-38-36-13-9-7-11-34(36)35-12-8-10-14-37(35)38/h7-24,30-31,38H,25-27H2,1-6H3,(H,43,46)(H,44,45)/b20-19+/t30-,31-/m1/s1. The van der Waals surface area contributed by atoms with Crippen LogP contribution in [0.3, 0.4) is 0 Å². The molecule has 1 amide bonds. The lowest BCUT2D eigenvalue weighted by Crippen LogP contribution is -2.36. The highest BCUT2D eigenvalue weighted by Crippen LogP contribution is 2.44. The average molecular weight is 662 g/mol. The molecule has 0 saturated heterocycles. The van der Waals surface area contributed by atoms with Crippen molar-refractivity contribution in [2.45, 2.75) is 77.5 Å². The van der Waals surface area contributed by atoms with Gasteiger partial charge in [-0.25, -0.2) is 4.79 Å². The number of aliphatic carboxylic acids is 1. The zero-order chi connectivity index (χ0) is 35.2. The molecule has 7 heteroatoms. The minimum atomic E-state index is -0.949. The summed E-state index contributed by atoms with van der Waals surface area (Å²) in [7, 11) is 0. The summed E-state index contributed by atoms with van der Waals surface area (Å²) in [5.41, 5.74) is 5.74. The molecule has 0 bridgehead atoms. The van der Waals surface area contributed by atoms with Crippen LogP contribution in [0.15, 0.2) is 109 Å². The van der Waals surface area contributed by atoms with Crippen molar-refractivity contribution in [3.8, 4) is 22.6 Å². The van der Waals surface area contributed by atoms with Gasteiger partial charge in [0, 0.05) is 5.92 Å². The van der Waals surface area contributed by atoms with E-state index in [0.717, 1.165) is 44.9 Å². The van der Waals surface area contributed by atoms with Crippen LogP contribution in [-0.4, -0.2) is 41.0 Å². The molecule has 0 spiro atoms. The highest BCUT2D eigenvalue weighted by molar-refractivity contribution is 5.79. The Balaban J connectivity index is 1.30. The predicted molar refractivity (Wildman–Crippen MR) is 193 cm³/mol. The Hall–Kier alpha value is -5.04. The van der Waals surface area contributed by atoms with Gasteiger partial charge in [-0.1, -0.05) is 84.9 Å². The monoisotopic (exact) mass is 661 g/mol. The van der Waals surface area contributed by atoms with Gasteiger partial charge in [-0.05, 0) is 112 Å². The number of ether oxygens (including phenoxy) is 3. The number of carboxylic acids is 1. The number of alkyl carbamates (subject to hydrolysis) is 1. The van der Waals surface area contributed by atoms with Gasteiger partial charge in [-0.15, -0.1) is 0 Å². The number of hydrogen-bond acceptors (Lipinski definition) is 5. The van der Waals surface area contributed by atoms with E-state index >= 15 is 0 Å². The van der Waals surface area contributed by atoms with Crippen LogP contribution in [-0.2, 0) is 22.4 Å². The van der Waals surface area contributed by atoms with Crippen LogP contribution in [0.25, 0.3) is 11.1 Å². The van der Waals surface area contributed by atoms with Crippen LogP contribution in [0, 0.1) is 5.92 Å². The molecule has 0 heterocycles. The highest BCUT2D eigenvalue weighted by Gasteiger charge is 2.29. The molecule has 4 aromatic rings. The van der Waals surface area contributed by atoms with E-state index in [-0.39, 0.29) is 30.1 Å². The first-order chi connectivity index (χ1) is 23.2. The number of carboxylic acid groups (broad SMARTS) is 1. The van der Waals surface area contributed by atoms with Crippen molar-refractivity contribution in [2.75, 3.05) is 6.61 Å². The fraction of sp³-hybridized carbons (Fsp3) is 0.333. The van der Waals surface area contributed by atoms with E-state index in [1.54, 1.807) is 12.2 Å². The molecule has 1 aliphatic rings. The summed E-state index contributed by atoms with van der Waals surface area (Å²) in [6, 6.07) is 31.1. The van der Waals surface area contributed by atoms with Crippen molar-refractivity contribution in [2.24, 2.45) is 5.92 Å². The Bertz CT molecular complexity index is 1720. The molecule has 5 rings (SSSR count). The summed E-state index contributed by atoms with van der Waals surface area (Å²) in [6.45, 7) is 12.1. The summed E-state index contributed by atoms with van der Waals surface area (Å²) in [6.07, 6.45) is 3.58. The molecule has 2 atom stereocenters. The largest absolute Gasteiger partial charge is 0.488 e. The normalized spacial score (nSPS) is 14.1. The van der Waals surface area contributed by atoms with Gasteiger partial charge < -0.3 is 24.6 Å². The third-order valence-corrected chi connectivity index (χ3v) is 8.15. The number of hydrogen-bond donors (Lipinski definition) is 2. The van der Waals surface area contributed by atoms with Gasteiger partial charge in [0.05, 0.1) is 12.0 Å². The Morgan fingerprint density at radius 3 is 1.63 bits per heavy atom. The first kappa shape index (κ1) is 35.3. The number of rotatable bonds is 12. The zero-order valence-corrected chi connectivity index (χ0v) is 29.2. The third-order valence-electron chi connectivity index (χ3n) is 8.15. The van der Waals surface area contributed by atoms with Gasteiger partial charge >= 0.3 is 12.1 Å². The molecule has 1 aliphatic carbocycles. The quantitative estimate of drug-likeness (QED) is 0.147. The summed E-state index contributed by atoms with van der Waals surface area (Å²) in [5, 5.41) is 13.1. The number of amides is 1. The van der Waals surface area contributed by atoms with Crippen molar-refractivity contribution in [3.63, 3.8) is 0 Å². The number of carbonyl (C=O) groups is 2. The zero-order valence-electron chi connectivity index (χ0n) is 29.2. The van der Waals surface area contributed by atoms with Crippen molar-refractivity contribution in [1.29, 1.82) is 0 Å². The summed E-state index contributed by atoms with van der Waals surface area (Å²) < 4.78 is 17.7. The lowest BCUT2D eigenvalue weighted by molar-refractivity contribution is -0.140. The van der Waals surface area contributed by atoms with Crippen molar-refractivity contribution >= 4 is 12.1 Å². The second kappa shape index (κ2) is 15.0. The van der Waals surface area contributed by atoms with Crippen LogP contribution in [0.4, 0.5) is 4.79 Å². The average Bonchev–Trinajstić information content (AvgIpc) is 3.35. The Labute approximate surface area is 289 Å². The summed E-state index contributed by atoms with van der Waals surface area (Å²) >= 11 is 0. The van der Waals surface area contributed by atoms with Gasteiger partial charge in [0.15, 0.2) is 0 Å². The maximum absolute atomic E-state index is 13.3. The van der Waals surface area contributed by atoms with Gasteiger partial charge in [-0.3, -0.25) is 4.79 Å². The molecule has 256 valence electrons. The number of fused-ring (bicyclic) bond motifs is 3. The molecule has 4 aromatic carbocycles. The minimum absolute atomic E-state index is 0.0703. The predicted octanol–water partition coefficient (Wildman–Crippen LogP) is 8.99. The number of benzene rings is 4. The smallest absolute Gasteiger partial charge is 0.407 e. The first-order valence-electron chi connectivity index (χ1n) is 16.8. The molecule has 0 fully saturated rings. The molecule has 0 unspecified atom stereocenters. The molecule has 0 aliphatic heterocycles. The minimum Gasteiger partial charge on any atom is -0.488 e. The lowest BCUT2D eigenvalue weighted by atomic mass is 9.97. The van der Waals surface area contributed by atoms with E-state index in [1.807, 2.05) is 114 Å². The summed E-state index contributed by atoms with van der Waals surface area (Å²) in [5.74, 6) is -0.347. The van der Waals surface area contributed by atoms with E-state index in [9.17, 15) is 14.7 Å². The van der Waals surface area contributed by atoms with Gasteiger partial charge in [0.1, 0.15) is 29.3 Å². The van der Waals surface area contributed by atoms with Gasteiger partial charge in [0.25, 0.3) is 0 Å². The second-order valence-electron chi connectivity index (χ2n) is 14.5. The molecule has 7 nitrogen and oxygen atoms in total. The fourth-order valence-corrected chi connectivity index (χ4v) is 6.07.